The molecular weight excluding hydrogens is 256 g/mol. The van der Waals surface area contributed by atoms with E-state index in [-0.39, 0.29) is 5.69 Å². The smallest absolute Gasteiger partial charge is 0.271 e. The predicted octanol–water partition coefficient (Wildman–Crippen LogP) is 3.52. The Bertz CT molecular complexity index is 609. The van der Waals surface area contributed by atoms with Gasteiger partial charge in [0.25, 0.3) is 5.69 Å². The van der Waals surface area contributed by atoms with Crippen molar-refractivity contribution in [2.45, 2.75) is 13.5 Å². The lowest BCUT2D eigenvalue weighted by molar-refractivity contribution is -0.384. The van der Waals surface area contributed by atoms with Crippen molar-refractivity contribution >= 4 is 11.4 Å². The average molecular weight is 272 g/mol. The molecule has 0 atom stereocenters. The summed E-state index contributed by atoms with van der Waals surface area (Å²) in [5.74, 6) is 0.586. The Morgan fingerprint density at radius 1 is 1.20 bits per heavy atom. The molecule has 0 fully saturated rings. The number of non-ortho nitro benzene ring substituents is 1. The number of ether oxygens (including phenoxy) is 1. The van der Waals surface area contributed by atoms with Crippen LogP contribution in [0.2, 0.25) is 0 Å². The fourth-order valence-electron chi connectivity index (χ4n) is 1.85. The third-order valence-electron chi connectivity index (χ3n) is 3.00. The van der Waals surface area contributed by atoms with Gasteiger partial charge in [-0.1, -0.05) is 29.8 Å². The number of rotatable bonds is 5. The highest BCUT2D eigenvalue weighted by atomic mass is 16.6. The van der Waals surface area contributed by atoms with E-state index in [0.717, 1.165) is 5.56 Å². The topological polar surface area (TPSA) is 64.4 Å². The minimum atomic E-state index is -0.420. The van der Waals surface area contributed by atoms with Crippen molar-refractivity contribution in [3.8, 4) is 5.75 Å². The predicted molar refractivity (Wildman–Crippen MR) is 78.2 cm³/mol. The van der Waals surface area contributed by atoms with Gasteiger partial charge in [-0.15, -0.1) is 0 Å². The quantitative estimate of drug-likeness (QED) is 0.668. The average Bonchev–Trinajstić information content (AvgIpc) is 2.46. The van der Waals surface area contributed by atoms with Crippen molar-refractivity contribution in [2.24, 2.45) is 0 Å². The molecule has 0 saturated heterocycles. The van der Waals surface area contributed by atoms with Gasteiger partial charge in [0.1, 0.15) is 5.75 Å². The largest absolute Gasteiger partial charge is 0.495 e. The standard InChI is InChI=1S/C15H16N2O3/c1-11-3-5-12(6-4-11)10-16-14-9-13(17(18)19)7-8-15(14)20-2/h3-9,16H,10H2,1-2H3. The molecular formula is C15H16N2O3. The van der Waals surface area contributed by atoms with E-state index in [1.165, 1.54) is 24.8 Å². The van der Waals surface area contributed by atoms with Crippen molar-refractivity contribution in [3.63, 3.8) is 0 Å². The molecule has 0 heterocycles. The summed E-state index contributed by atoms with van der Waals surface area (Å²) in [6.45, 7) is 2.61. The number of hydrogen-bond acceptors (Lipinski definition) is 4. The third-order valence-corrected chi connectivity index (χ3v) is 3.00. The van der Waals surface area contributed by atoms with E-state index in [0.29, 0.717) is 18.0 Å². The molecule has 0 aromatic heterocycles. The second-order valence-corrected chi connectivity index (χ2v) is 4.48. The van der Waals surface area contributed by atoms with Gasteiger partial charge in [-0.3, -0.25) is 10.1 Å². The highest BCUT2D eigenvalue weighted by Gasteiger charge is 2.10. The van der Waals surface area contributed by atoms with E-state index in [9.17, 15) is 10.1 Å². The first-order valence-corrected chi connectivity index (χ1v) is 6.22. The Hall–Kier alpha value is -2.56. The molecule has 0 radical (unpaired) electrons. The second-order valence-electron chi connectivity index (χ2n) is 4.48. The van der Waals surface area contributed by atoms with E-state index in [1.807, 2.05) is 31.2 Å². The van der Waals surface area contributed by atoms with Crippen LogP contribution in [-0.2, 0) is 6.54 Å². The van der Waals surface area contributed by atoms with Gasteiger partial charge in [0.15, 0.2) is 0 Å². The summed E-state index contributed by atoms with van der Waals surface area (Å²) < 4.78 is 5.20. The highest BCUT2D eigenvalue weighted by Crippen LogP contribution is 2.29. The van der Waals surface area contributed by atoms with Gasteiger partial charge in [-0.05, 0) is 18.6 Å². The first kappa shape index (κ1) is 13.9. The third kappa shape index (κ3) is 3.26. The van der Waals surface area contributed by atoms with Gasteiger partial charge in [-0.25, -0.2) is 0 Å². The van der Waals surface area contributed by atoms with E-state index < -0.39 is 4.92 Å². The zero-order valence-corrected chi connectivity index (χ0v) is 11.4. The number of nitro benzene ring substituents is 1. The van der Waals surface area contributed by atoms with Gasteiger partial charge in [0, 0.05) is 18.7 Å². The van der Waals surface area contributed by atoms with E-state index in [2.05, 4.69) is 5.32 Å². The van der Waals surface area contributed by atoms with Crippen LogP contribution < -0.4 is 10.1 Å². The van der Waals surface area contributed by atoms with Crippen LogP contribution in [-0.4, -0.2) is 12.0 Å². The molecule has 2 aromatic rings. The number of nitrogens with zero attached hydrogens (tertiary/aromatic N) is 1. The van der Waals surface area contributed by atoms with Crippen molar-refractivity contribution in [3.05, 3.63) is 63.7 Å². The lowest BCUT2D eigenvalue weighted by atomic mass is 10.1. The van der Waals surface area contributed by atoms with E-state index in [4.69, 9.17) is 4.74 Å². The minimum Gasteiger partial charge on any atom is -0.495 e. The van der Waals surface area contributed by atoms with Crippen molar-refractivity contribution in [1.29, 1.82) is 0 Å². The van der Waals surface area contributed by atoms with Crippen LogP contribution in [0, 0.1) is 17.0 Å². The van der Waals surface area contributed by atoms with Gasteiger partial charge >= 0.3 is 0 Å². The highest BCUT2D eigenvalue weighted by molar-refractivity contribution is 5.61. The zero-order valence-electron chi connectivity index (χ0n) is 11.4. The molecule has 0 saturated carbocycles. The number of anilines is 1. The maximum Gasteiger partial charge on any atom is 0.271 e. The number of nitro groups is 1. The molecule has 0 unspecified atom stereocenters. The molecule has 1 N–H and O–H groups in total. The molecule has 0 bridgehead atoms. The minimum absolute atomic E-state index is 0.0391. The number of aryl methyl sites for hydroxylation is 1. The number of methoxy groups -OCH3 is 1. The molecule has 104 valence electrons. The summed E-state index contributed by atoms with van der Waals surface area (Å²) >= 11 is 0. The van der Waals surface area contributed by atoms with Crippen molar-refractivity contribution in [2.75, 3.05) is 12.4 Å². The molecule has 5 nitrogen and oxygen atoms in total. The first-order chi connectivity index (χ1) is 9.60. The molecule has 20 heavy (non-hydrogen) atoms. The summed E-state index contributed by atoms with van der Waals surface area (Å²) in [6, 6.07) is 12.6. The maximum absolute atomic E-state index is 10.8. The Morgan fingerprint density at radius 2 is 1.90 bits per heavy atom. The Morgan fingerprint density at radius 3 is 2.50 bits per heavy atom. The van der Waals surface area contributed by atoms with Crippen LogP contribution in [0.3, 0.4) is 0 Å². The molecule has 0 aliphatic rings. The summed E-state index contributed by atoms with van der Waals surface area (Å²) in [4.78, 5) is 10.4. The molecule has 0 aliphatic heterocycles. The number of benzene rings is 2. The SMILES string of the molecule is COc1ccc([N+](=O)[O-])cc1NCc1ccc(C)cc1. The normalized spacial score (nSPS) is 10.1. The molecule has 0 amide bonds. The molecule has 0 spiro atoms. The zero-order chi connectivity index (χ0) is 14.5. The lowest BCUT2D eigenvalue weighted by Gasteiger charge is -2.11. The fraction of sp³-hybridized carbons (Fsp3) is 0.200. The van der Waals surface area contributed by atoms with Crippen LogP contribution in [0.15, 0.2) is 42.5 Å². The summed E-state index contributed by atoms with van der Waals surface area (Å²) in [7, 11) is 1.54. The van der Waals surface area contributed by atoms with Crippen LogP contribution >= 0.6 is 0 Å². The van der Waals surface area contributed by atoms with Gasteiger partial charge in [0.05, 0.1) is 17.7 Å². The van der Waals surface area contributed by atoms with Crippen LogP contribution in [0.25, 0.3) is 0 Å². The Kier molecular flexibility index (Phi) is 4.20. The fourth-order valence-corrected chi connectivity index (χ4v) is 1.85. The van der Waals surface area contributed by atoms with Gasteiger partial charge in [-0.2, -0.15) is 0 Å². The van der Waals surface area contributed by atoms with Crippen LogP contribution in [0.1, 0.15) is 11.1 Å². The second kappa shape index (κ2) is 6.06. The Balaban J connectivity index is 2.16. The number of nitrogens with one attached hydrogen (secondary N) is 1. The van der Waals surface area contributed by atoms with Crippen molar-refractivity contribution < 1.29 is 9.66 Å². The van der Waals surface area contributed by atoms with Gasteiger partial charge < -0.3 is 10.1 Å². The lowest BCUT2D eigenvalue weighted by Crippen LogP contribution is -2.02. The number of hydrogen-bond donors (Lipinski definition) is 1. The van der Waals surface area contributed by atoms with E-state index in [1.54, 1.807) is 6.07 Å². The summed E-state index contributed by atoms with van der Waals surface area (Å²) in [5.41, 5.74) is 2.95. The maximum atomic E-state index is 10.8. The Labute approximate surface area is 117 Å². The first-order valence-electron chi connectivity index (χ1n) is 6.22. The van der Waals surface area contributed by atoms with Crippen LogP contribution in [0.4, 0.5) is 11.4 Å². The molecule has 0 aliphatic carbocycles. The monoisotopic (exact) mass is 272 g/mol. The molecule has 2 aromatic carbocycles. The molecule has 5 heteroatoms. The summed E-state index contributed by atoms with van der Waals surface area (Å²) in [6.07, 6.45) is 0. The molecule has 2 rings (SSSR count). The van der Waals surface area contributed by atoms with Crippen molar-refractivity contribution in [1.82, 2.24) is 0 Å². The summed E-state index contributed by atoms with van der Waals surface area (Å²) in [5, 5.41) is 14.0. The van der Waals surface area contributed by atoms with E-state index >= 15 is 0 Å². The van der Waals surface area contributed by atoms with Crippen LogP contribution in [0.5, 0.6) is 5.75 Å². The van der Waals surface area contributed by atoms with Gasteiger partial charge in [0.2, 0.25) is 0 Å².